The number of halogens is 1. The highest BCUT2D eigenvalue weighted by atomic mass is 35.5. The largest absolute Gasteiger partial charge is 0.491 e. The van der Waals surface area contributed by atoms with Gasteiger partial charge >= 0.3 is 6.09 Å². The maximum Gasteiger partial charge on any atom is 0.412 e. The number of hydrogen-bond acceptors (Lipinski definition) is 4. The van der Waals surface area contributed by atoms with E-state index in [9.17, 15) is 4.79 Å². The molecule has 1 aromatic carbocycles. The highest BCUT2D eigenvalue weighted by Gasteiger charge is 2.36. The summed E-state index contributed by atoms with van der Waals surface area (Å²) < 4.78 is 11.5. The molecule has 1 aromatic rings. The van der Waals surface area contributed by atoms with Crippen molar-refractivity contribution in [3.8, 4) is 5.75 Å². The van der Waals surface area contributed by atoms with Gasteiger partial charge in [0.05, 0.1) is 12.3 Å². The second-order valence-corrected chi connectivity index (χ2v) is 6.76. The summed E-state index contributed by atoms with van der Waals surface area (Å²) in [7, 11) is 0. The van der Waals surface area contributed by atoms with Crippen molar-refractivity contribution in [3.63, 3.8) is 0 Å². The minimum atomic E-state index is -0.377. The van der Waals surface area contributed by atoms with Crippen molar-refractivity contribution in [2.75, 3.05) is 31.6 Å². The molecule has 0 spiro atoms. The monoisotopic (exact) mass is 368 g/mol. The number of nitrogens with zero attached hydrogens (tertiary/aromatic N) is 1. The molecule has 4 rings (SSSR count). The molecule has 1 N–H and O–H groups in total. The quantitative estimate of drug-likeness (QED) is 0.728. The number of piperidine rings is 3. The Kier molecular flexibility index (Phi) is 7.85. The topological polar surface area (TPSA) is 50.8 Å². The van der Waals surface area contributed by atoms with Gasteiger partial charge in [-0.3, -0.25) is 10.2 Å². The molecule has 25 heavy (non-hydrogen) atoms. The third-order valence-electron chi connectivity index (χ3n) is 4.98. The molecule has 3 aliphatic rings. The number of carbonyl (C=O) groups is 1. The van der Waals surface area contributed by atoms with Gasteiger partial charge < -0.3 is 9.47 Å². The van der Waals surface area contributed by atoms with Crippen molar-refractivity contribution in [1.29, 1.82) is 0 Å². The smallest absolute Gasteiger partial charge is 0.412 e. The lowest BCUT2D eigenvalue weighted by atomic mass is 9.86. The van der Waals surface area contributed by atoms with E-state index in [1.54, 1.807) is 0 Å². The van der Waals surface area contributed by atoms with Crippen molar-refractivity contribution in [2.45, 2.75) is 45.1 Å². The number of amides is 1. The van der Waals surface area contributed by atoms with Gasteiger partial charge in [0, 0.05) is 6.54 Å². The molecule has 1 atom stereocenters. The van der Waals surface area contributed by atoms with Gasteiger partial charge in [-0.05, 0) is 50.4 Å². The summed E-state index contributed by atoms with van der Waals surface area (Å²) in [6.45, 7) is 5.98. The van der Waals surface area contributed by atoms with E-state index in [-0.39, 0.29) is 24.6 Å². The van der Waals surface area contributed by atoms with Gasteiger partial charge in [-0.1, -0.05) is 31.9 Å². The Hall–Kier alpha value is -1.46. The zero-order valence-corrected chi connectivity index (χ0v) is 15.7. The Morgan fingerprint density at radius 2 is 2.00 bits per heavy atom. The van der Waals surface area contributed by atoms with Crippen molar-refractivity contribution in [3.05, 3.63) is 24.3 Å². The van der Waals surface area contributed by atoms with Gasteiger partial charge in [-0.25, -0.2) is 4.79 Å². The van der Waals surface area contributed by atoms with Gasteiger partial charge in [0.15, 0.2) is 0 Å². The molecule has 0 saturated carbocycles. The second kappa shape index (κ2) is 9.88. The van der Waals surface area contributed by atoms with Crippen LogP contribution in [0, 0.1) is 5.92 Å². The van der Waals surface area contributed by atoms with Gasteiger partial charge in [0.25, 0.3) is 0 Å². The number of para-hydroxylation sites is 2. The van der Waals surface area contributed by atoms with Crippen molar-refractivity contribution < 1.29 is 14.3 Å². The first-order valence-corrected chi connectivity index (χ1v) is 9.18. The maximum absolute atomic E-state index is 12.3. The Labute approximate surface area is 156 Å². The number of benzene rings is 1. The molecule has 0 radical (unpaired) electrons. The number of rotatable bonds is 7. The van der Waals surface area contributed by atoms with E-state index in [1.807, 2.05) is 24.3 Å². The molecule has 3 aliphatic heterocycles. The Morgan fingerprint density at radius 1 is 1.24 bits per heavy atom. The number of hydrogen-bond donors (Lipinski definition) is 1. The fourth-order valence-corrected chi connectivity index (χ4v) is 3.55. The highest BCUT2D eigenvalue weighted by molar-refractivity contribution is 5.86. The third-order valence-corrected chi connectivity index (χ3v) is 4.98. The molecule has 5 nitrogen and oxygen atoms in total. The summed E-state index contributed by atoms with van der Waals surface area (Å²) in [5.74, 6) is 1.22. The molecule has 3 heterocycles. The summed E-state index contributed by atoms with van der Waals surface area (Å²) in [5.41, 5.74) is 0.681. The van der Waals surface area contributed by atoms with Crippen LogP contribution in [0.25, 0.3) is 0 Å². The number of ether oxygens (including phenoxy) is 2. The van der Waals surface area contributed by atoms with Gasteiger partial charge in [-0.15, -0.1) is 12.4 Å². The number of nitrogens with one attached hydrogen (secondary N) is 1. The van der Waals surface area contributed by atoms with E-state index in [0.29, 0.717) is 24.0 Å². The molecule has 3 saturated heterocycles. The summed E-state index contributed by atoms with van der Waals surface area (Å²) in [6.07, 6.45) is 5.24. The summed E-state index contributed by atoms with van der Waals surface area (Å²) in [4.78, 5) is 14.7. The molecule has 1 amide bonds. The predicted octanol–water partition coefficient (Wildman–Crippen LogP) is 4.32. The van der Waals surface area contributed by atoms with Gasteiger partial charge in [-0.2, -0.15) is 0 Å². The van der Waals surface area contributed by atoms with Crippen molar-refractivity contribution in [2.24, 2.45) is 5.92 Å². The molecule has 3 fully saturated rings. The number of carbonyl (C=O) groups excluding carboxylic acids is 1. The zero-order chi connectivity index (χ0) is 16.8. The fraction of sp³-hybridized carbons (Fsp3) is 0.632. The van der Waals surface area contributed by atoms with Crippen molar-refractivity contribution in [1.82, 2.24) is 4.90 Å². The van der Waals surface area contributed by atoms with E-state index in [2.05, 4.69) is 17.1 Å². The van der Waals surface area contributed by atoms with Crippen LogP contribution >= 0.6 is 12.4 Å². The van der Waals surface area contributed by atoms with Crippen LogP contribution in [0.1, 0.15) is 39.0 Å². The van der Waals surface area contributed by atoms with Gasteiger partial charge in [0.1, 0.15) is 11.9 Å². The summed E-state index contributed by atoms with van der Waals surface area (Å²) >= 11 is 0. The fourth-order valence-electron chi connectivity index (χ4n) is 3.55. The predicted molar refractivity (Wildman–Crippen MR) is 102 cm³/mol. The van der Waals surface area contributed by atoms with Crippen LogP contribution < -0.4 is 10.1 Å². The van der Waals surface area contributed by atoms with E-state index < -0.39 is 0 Å². The number of unbranched alkanes of at least 4 members (excludes halogenated alkanes) is 2. The highest BCUT2D eigenvalue weighted by Crippen LogP contribution is 2.30. The first-order chi connectivity index (χ1) is 11.8. The molecule has 140 valence electrons. The lowest BCUT2D eigenvalue weighted by Gasteiger charge is -2.43. The van der Waals surface area contributed by atoms with Crippen LogP contribution in [-0.2, 0) is 4.74 Å². The number of fused-ring (bicyclic) bond motifs is 3. The number of anilines is 1. The molecular formula is C19H29ClN2O3. The third kappa shape index (κ3) is 5.51. The Balaban J connectivity index is 0.00000225. The molecular weight excluding hydrogens is 340 g/mol. The van der Waals surface area contributed by atoms with Crippen molar-refractivity contribution >= 4 is 24.2 Å². The van der Waals surface area contributed by atoms with Crippen LogP contribution in [0.15, 0.2) is 24.3 Å². The van der Waals surface area contributed by atoms with E-state index in [0.717, 1.165) is 51.7 Å². The van der Waals surface area contributed by atoms with E-state index in [4.69, 9.17) is 9.47 Å². The first-order valence-electron chi connectivity index (χ1n) is 9.18. The van der Waals surface area contributed by atoms with Crippen LogP contribution in [0.4, 0.5) is 10.5 Å². The Morgan fingerprint density at radius 3 is 2.68 bits per heavy atom. The SMILES string of the molecule is CCCCCOc1ccccc1NC(=O)OC1CN2CCC1CC2.Cl. The molecule has 0 aliphatic carbocycles. The van der Waals surface area contributed by atoms with Crippen LogP contribution in [0.3, 0.4) is 0 Å². The zero-order valence-electron chi connectivity index (χ0n) is 14.9. The summed E-state index contributed by atoms with van der Waals surface area (Å²) in [5, 5.41) is 2.85. The van der Waals surface area contributed by atoms with Crippen LogP contribution in [-0.4, -0.2) is 43.3 Å². The average molecular weight is 369 g/mol. The minimum absolute atomic E-state index is 0. The summed E-state index contributed by atoms with van der Waals surface area (Å²) in [6, 6.07) is 7.55. The second-order valence-electron chi connectivity index (χ2n) is 6.76. The maximum atomic E-state index is 12.3. The molecule has 0 aromatic heterocycles. The average Bonchev–Trinajstić information content (AvgIpc) is 2.61. The molecule has 6 heteroatoms. The van der Waals surface area contributed by atoms with E-state index in [1.165, 1.54) is 0 Å². The van der Waals surface area contributed by atoms with Crippen LogP contribution in [0.2, 0.25) is 0 Å². The molecule has 1 unspecified atom stereocenters. The van der Waals surface area contributed by atoms with E-state index >= 15 is 0 Å². The lowest BCUT2D eigenvalue weighted by Crippen LogP contribution is -2.52. The normalized spacial score (nSPS) is 24.3. The van der Waals surface area contributed by atoms with Crippen LogP contribution in [0.5, 0.6) is 5.75 Å². The first kappa shape index (κ1) is 19.9. The lowest BCUT2D eigenvalue weighted by molar-refractivity contribution is -0.0290. The van der Waals surface area contributed by atoms with Gasteiger partial charge in [0.2, 0.25) is 0 Å². The Bertz CT molecular complexity index is 547. The minimum Gasteiger partial charge on any atom is -0.491 e. The molecule has 2 bridgehead atoms. The standard InChI is InChI=1S/C19H28N2O3.ClH/c1-2-3-6-13-23-17-8-5-4-7-16(17)20-19(22)24-18-14-21-11-9-15(18)10-12-21;/h4-5,7-8,15,18H,2-3,6,9-14H2,1H3,(H,20,22);1H.